The van der Waals surface area contributed by atoms with Crippen molar-refractivity contribution >= 4 is 0 Å². The van der Waals surface area contributed by atoms with Crippen LogP contribution in [0.4, 0.5) is 0 Å². The summed E-state index contributed by atoms with van der Waals surface area (Å²) in [5, 5.41) is 3.40. The average molecular weight is 219 g/mol. The summed E-state index contributed by atoms with van der Waals surface area (Å²) in [6, 6.07) is 6.96. The monoisotopic (exact) mass is 219 g/mol. The molecular weight excluding hydrogens is 198 g/mol. The fourth-order valence-electron chi connectivity index (χ4n) is 2.38. The summed E-state index contributed by atoms with van der Waals surface area (Å²) >= 11 is 0. The van der Waals surface area contributed by atoms with Gasteiger partial charge in [0.2, 0.25) is 0 Å². The van der Waals surface area contributed by atoms with Gasteiger partial charge in [-0.1, -0.05) is 38.0 Å². The molecule has 0 amide bonds. The molecule has 0 aromatic heterocycles. The van der Waals surface area contributed by atoms with Gasteiger partial charge in [-0.15, -0.1) is 0 Å². The predicted octanol–water partition coefficient (Wildman–Crippen LogP) is 3.07. The molecule has 0 aliphatic carbocycles. The molecule has 0 saturated heterocycles. The minimum Gasteiger partial charge on any atom is -0.493 e. The van der Waals surface area contributed by atoms with E-state index in [4.69, 9.17) is 4.74 Å². The summed E-state index contributed by atoms with van der Waals surface area (Å²) in [6.45, 7) is 3.08. The van der Waals surface area contributed by atoms with E-state index in [1.807, 2.05) is 7.05 Å². The van der Waals surface area contributed by atoms with Crippen LogP contribution < -0.4 is 10.1 Å². The van der Waals surface area contributed by atoms with Gasteiger partial charge < -0.3 is 10.1 Å². The van der Waals surface area contributed by atoms with Gasteiger partial charge in [-0.25, -0.2) is 0 Å². The molecule has 0 bridgehead atoms. The first-order valence-electron chi connectivity index (χ1n) is 6.28. The van der Waals surface area contributed by atoms with Crippen LogP contribution in [0, 0.1) is 0 Å². The van der Waals surface area contributed by atoms with Gasteiger partial charge in [0.25, 0.3) is 0 Å². The molecule has 2 rings (SSSR count). The Kier molecular flexibility index (Phi) is 3.83. The standard InChI is InChI=1S/C14H21NO/c1-3-4-8-13(15-2)12-7-5-6-11-9-10-16-14(11)12/h5-7,13,15H,3-4,8-10H2,1-2H3. The van der Waals surface area contributed by atoms with Crippen molar-refractivity contribution in [2.45, 2.75) is 38.6 Å². The van der Waals surface area contributed by atoms with Gasteiger partial charge in [-0.2, -0.15) is 0 Å². The second-order valence-electron chi connectivity index (χ2n) is 4.42. The summed E-state index contributed by atoms with van der Waals surface area (Å²) in [7, 11) is 2.04. The summed E-state index contributed by atoms with van der Waals surface area (Å²) < 4.78 is 5.75. The maximum atomic E-state index is 5.75. The number of rotatable bonds is 5. The molecular formula is C14H21NO. The number of fused-ring (bicyclic) bond motifs is 1. The van der Waals surface area contributed by atoms with Crippen LogP contribution >= 0.6 is 0 Å². The average Bonchev–Trinajstić information content (AvgIpc) is 2.78. The first-order chi connectivity index (χ1) is 7.86. The van der Waals surface area contributed by atoms with Crippen molar-refractivity contribution in [2.24, 2.45) is 0 Å². The first kappa shape index (κ1) is 11.5. The minimum absolute atomic E-state index is 0.438. The van der Waals surface area contributed by atoms with Crippen LogP contribution in [0.15, 0.2) is 18.2 Å². The molecule has 16 heavy (non-hydrogen) atoms. The zero-order valence-electron chi connectivity index (χ0n) is 10.3. The van der Waals surface area contributed by atoms with Gasteiger partial charge in [0.15, 0.2) is 0 Å². The number of benzene rings is 1. The van der Waals surface area contributed by atoms with E-state index in [1.54, 1.807) is 0 Å². The Hall–Kier alpha value is -1.02. The van der Waals surface area contributed by atoms with E-state index >= 15 is 0 Å². The third-order valence-electron chi connectivity index (χ3n) is 3.32. The minimum atomic E-state index is 0.438. The highest BCUT2D eigenvalue weighted by atomic mass is 16.5. The summed E-state index contributed by atoms with van der Waals surface area (Å²) in [6.07, 6.45) is 4.75. The molecule has 1 aliphatic rings. The van der Waals surface area contributed by atoms with Crippen LogP contribution in [0.2, 0.25) is 0 Å². The van der Waals surface area contributed by atoms with E-state index < -0.39 is 0 Å². The lowest BCUT2D eigenvalue weighted by Crippen LogP contribution is -2.17. The summed E-state index contributed by atoms with van der Waals surface area (Å²) in [5.74, 6) is 1.14. The maximum Gasteiger partial charge on any atom is 0.127 e. The van der Waals surface area contributed by atoms with Gasteiger partial charge in [0.1, 0.15) is 5.75 Å². The first-order valence-corrected chi connectivity index (χ1v) is 6.28. The Morgan fingerprint density at radius 1 is 1.44 bits per heavy atom. The van der Waals surface area contributed by atoms with Gasteiger partial charge >= 0.3 is 0 Å². The zero-order chi connectivity index (χ0) is 11.4. The van der Waals surface area contributed by atoms with Crippen molar-refractivity contribution in [3.63, 3.8) is 0 Å². The number of hydrogen-bond donors (Lipinski definition) is 1. The topological polar surface area (TPSA) is 21.3 Å². The second kappa shape index (κ2) is 5.35. The molecule has 1 N–H and O–H groups in total. The van der Waals surface area contributed by atoms with E-state index in [0.717, 1.165) is 18.8 Å². The number of para-hydroxylation sites is 1. The molecule has 2 nitrogen and oxygen atoms in total. The van der Waals surface area contributed by atoms with E-state index in [9.17, 15) is 0 Å². The Bertz CT molecular complexity index is 349. The maximum absolute atomic E-state index is 5.75. The molecule has 0 radical (unpaired) electrons. The Balaban J connectivity index is 2.21. The van der Waals surface area contributed by atoms with Gasteiger partial charge in [-0.05, 0) is 19.0 Å². The Morgan fingerprint density at radius 2 is 2.31 bits per heavy atom. The molecule has 1 aliphatic heterocycles. The van der Waals surface area contributed by atoms with Crippen LogP contribution in [-0.4, -0.2) is 13.7 Å². The molecule has 1 atom stereocenters. The predicted molar refractivity (Wildman–Crippen MR) is 67.0 cm³/mol. The lowest BCUT2D eigenvalue weighted by molar-refractivity contribution is 0.347. The largest absolute Gasteiger partial charge is 0.493 e. The highest BCUT2D eigenvalue weighted by Gasteiger charge is 2.20. The van der Waals surface area contributed by atoms with E-state index in [1.165, 1.54) is 30.4 Å². The number of nitrogens with one attached hydrogen (secondary N) is 1. The fraction of sp³-hybridized carbons (Fsp3) is 0.571. The zero-order valence-corrected chi connectivity index (χ0v) is 10.3. The third-order valence-corrected chi connectivity index (χ3v) is 3.32. The van der Waals surface area contributed by atoms with E-state index in [0.29, 0.717) is 6.04 Å². The molecule has 1 heterocycles. The highest BCUT2D eigenvalue weighted by Crippen LogP contribution is 2.34. The summed E-state index contributed by atoms with van der Waals surface area (Å²) in [5.41, 5.74) is 2.71. The molecule has 0 spiro atoms. The van der Waals surface area contributed by atoms with Crippen molar-refractivity contribution in [1.82, 2.24) is 5.32 Å². The Labute approximate surface area is 98.0 Å². The third kappa shape index (κ3) is 2.22. The van der Waals surface area contributed by atoms with Crippen molar-refractivity contribution in [3.8, 4) is 5.75 Å². The molecule has 0 fully saturated rings. The van der Waals surface area contributed by atoms with Crippen LogP contribution in [0.5, 0.6) is 5.75 Å². The molecule has 1 unspecified atom stereocenters. The van der Waals surface area contributed by atoms with Crippen molar-refractivity contribution in [1.29, 1.82) is 0 Å². The molecule has 2 heteroatoms. The molecule has 88 valence electrons. The quantitative estimate of drug-likeness (QED) is 0.821. The van der Waals surface area contributed by atoms with E-state index in [-0.39, 0.29) is 0 Å². The fourth-order valence-corrected chi connectivity index (χ4v) is 2.38. The highest BCUT2D eigenvalue weighted by molar-refractivity contribution is 5.45. The van der Waals surface area contributed by atoms with Crippen LogP contribution in [0.3, 0.4) is 0 Å². The lowest BCUT2D eigenvalue weighted by atomic mass is 9.98. The molecule has 0 saturated carbocycles. The second-order valence-corrected chi connectivity index (χ2v) is 4.42. The smallest absolute Gasteiger partial charge is 0.127 e. The van der Waals surface area contributed by atoms with Crippen molar-refractivity contribution in [2.75, 3.05) is 13.7 Å². The SMILES string of the molecule is CCCCC(NC)c1cccc2c1OCC2. The number of unbranched alkanes of at least 4 members (excludes halogenated alkanes) is 1. The van der Waals surface area contributed by atoms with Gasteiger partial charge in [-0.3, -0.25) is 0 Å². The van der Waals surface area contributed by atoms with Gasteiger partial charge in [0, 0.05) is 18.0 Å². The van der Waals surface area contributed by atoms with Crippen LogP contribution in [-0.2, 0) is 6.42 Å². The van der Waals surface area contributed by atoms with Crippen molar-refractivity contribution in [3.05, 3.63) is 29.3 Å². The van der Waals surface area contributed by atoms with Crippen LogP contribution in [0.1, 0.15) is 43.4 Å². The van der Waals surface area contributed by atoms with Gasteiger partial charge in [0.05, 0.1) is 6.61 Å². The molecule has 1 aromatic rings. The lowest BCUT2D eigenvalue weighted by Gasteiger charge is -2.18. The van der Waals surface area contributed by atoms with Crippen molar-refractivity contribution < 1.29 is 4.74 Å². The summed E-state index contributed by atoms with van der Waals surface area (Å²) in [4.78, 5) is 0. The number of ether oxygens (including phenoxy) is 1. The Morgan fingerprint density at radius 3 is 3.06 bits per heavy atom. The molecule has 1 aromatic carbocycles. The van der Waals surface area contributed by atoms with Crippen LogP contribution in [0.25, 0.3) is 0 Å². The number of hydrogen-bond acceptors (Lipinski definition) is 2. The van der Waals surface area contributed by atoms with E-state index in [2.05, 4.69) is 30.4 Å². The normalized spacial score (nSPS) is 15.6.